The van der Waals surface area contributed by atoms with Crippen LogP contribution in [-0.2, 0) is 0 Å². The van der Waals surface area contributed by atoms with Gasteiger partial charge in [-0.3, -0.25) is 0 Å². The average Bonchev–Trinajstić information content (AvgIpc) is 2.34. The number of nitrogens with zero attached hydrogens (tertiary/aromatic N) is 1. The van der Waals surface area contributed by atoms with Crippen LogP contribution in [0.2, 0.25) is 0 Å². The zero-order valence-electron chi connectivity index (χ0n) is 10.7. The normalized spacial score (nSPS) is 12.5. The van der Waals surface area contributed by atoms with E-state index in [0.29, 0.717) is 18.4 Å². The van der Waals surface area contributed by atoms with Gasteiger partial charge in [0.15, 0.2) is 11.6 Å². The van der Waals surface area contributed by atoms with E-state index in [1.807, 2.05) is 12.1 Å². The summed E-state index contributed by atoms with van der Waals surface area (Å²) in [6, 6.07) is 4.01. The fourth-order valence-corrected chi connectivity index (χ4v) is 1.82. The molecule has 0 aliphatic rings. The van der Waals surface area contributed by atoms with Crippen LogP contribution in [0.5, 0.6) is 5.75 Å². The first-order valence-electron chi connectivity index (χ1n) is 6.09. The van der Waals surface area contributed by atoms with Gasteiger partial charge in [-0.1, -0.05) is 20.8 Å². The van der Waals surface area contributed by atoms with Gasteiger partial charge in [-0.05, 0) is 24.5 Å². The Kier molecular flexibility index (Phi) is 6.12. The topological polar surface area (TPSA) is 34.1 Å². The predicted molar refractivity (Wildman–Crippen MR) is 73.0 cm³/mol. The van der Waals surface area contributed by atoms with E-state index in [9.17, 15) is 0 Å². The summed E-state index contributed by atoms with van der Waals surface area (Å²) in [6.45, 7) is 7.05. The Morgan fingerprint density at radius 2 is 2.24 bits per heavy atom. The maximum absolute atomic E-state index is 5.94. The van der Waals surface area contributed by atoms with Gasteiger partial charge in [0.1, 0.15) is 0 Å². The molecule has 0 saturated heterocycles. The predicted octanol–water partition coefficient (Wildman–Crippen LogP) is 3.55. The first kappa shape index (κ1) is 14.1. The largest absolute Gasteiger partial charge is 0.490 e. The quantitative estimate of drug-likeness (QED) is 0.758. The van der Waals surface area contributed by atoms with E-state index in [1.54, 1.807) is 6.20 Å². The Balaban J connectivity index is 2.74. The lowest BCUT2D eigenvalue weighted by Crippen LogP contribution is -2.28. The van der Waals surface area contributed by atoms with Gasteiger partial charge >= 0.3 is 0 Å². The minimum Gasteiger partial charge on any atom is -0.490 e. The number of aromatic nitrogens is 1. The Morgan fingerprint density at radius 3 is 2.82 bits per heavy atom. The summed E-state index contributed by atoms with van der Waals surface area (Å²) in [6.07, 6.45) is 2.74. The van der Waals surface area contributed by atoms with Crippen molar-refractivity contribution in [3.63, 3.8) is 0 Å². The number of halogens is 1. The molecular weight excluding hydrogens is 236 g/mol. The van der Waals surface area contributed by atoms with E-state index in [4.69, 9.17) is 16.3 Å². The second-order valence-electron chi connectivity index (χ2n) is 4.35. The van der Waals surface area contributed by atoms with Crippen LogP contribution in [0.25, 0.3) is 0 Å². The van der Waals surface area contributed by atoms with E-state index in [0.717, 1.165) is 18.0 Å². The molecule has 0 bridgehead atoms. The molecule has 0 aromatic carbocycles. The Hall–Kier alpha value is -0.960. The molecule has 1 heterocycles. The van der Waals surface area contributed by atoms with Crippen LogP contribution in [0.15, 0.2) is 18.3 Å². The minimum atomic E-state index is 0.204. The van der Waals surface area contributed by atoms with Crippen molar-refractivity contribution in [2.24, 2.45) is 5.92 Å². The minimum absolute atomic E-state index is 0.204. The molecule has 17 heavy (non-hydrogen) atoms. The van der Waals surface area contributed by atoms with Gasteiger partial charge in [-0.15, -0.1) is 11.6 Å². The number of pyridine rings is 1. The summed E-state index contributed by atoms with van der Waals surface area (Å²) in [5.41, 5.74) is 0. The van der Waals surface area contributed by atoms with Crippen molar-refractivity contribution in [2.45, 2.75) is 33.2 Å². The lowest BCUT2D eigenvalue weighted by atomic mass is 10.1. The van der Waals surface area contributed by atoms with Gasteiger partial charge in [0.25, 0.3) is 0 Å². The van der Waals surface area contributed by atoms with Crippen LogP contribution in [0, 0.1) is 5.92 Å². The molecule has 0 aliphatic carbocycles. The lowest BCUT2D eigenvalue weighted by Gasteiger charge is -2.21. The summed E-state index contributed by atoms with van der Waals surface area (Å²) in [7, 11) is 0. The molecular formula is C13H21ClN2O. The number of ether oxygens (including phenoxy) is 1. The first-order valence-corrected chi connectivity index (χ1v) is 6.62. The summed E-state index contributed by atoms with van der Waals surface area (Å²) in [5.74, 6) is 2.58. The fourth-order valence-electron chi connectivity index (χ4n) is 1.39. The fraction of sp³-hybridized carbons (Fsp3) is 0.615. The molecule has 0 radical (unpaired) electrons. The molecule has 0 fully saturated rings. The van der Waals surface area contributed by atoms with Gasteiger partial charge in [-0.2, -0.15) is 0 Å². The third-order valence-electron chi connectivity index (χ3n) is 2.53. The van der Waals surface area contributed by atoms with Crippen LogP contribution < -0.4 is 10.1 Å². The highest BCUT2D eigenvalue weighted by atomic mass is 35.5. The van der Waals surface area contributed by atoms with Gasteiger partial charge < -0.3 is 10.1 Å². The summed E-state index contributed by atoms with van der Waals surface area (Å²) >= 11 is 5.94. The third-order valence-corrected chi connectivity index (χ3v) is 2.86. The van der Waals surface area contributed by atoms with E-state index in [-0.39, 0.29) is 6.04 Å². The van der Waals surface area contributed by atoms with Gasteiger partial charge in [0.2, 0.25) is 0 Å². The van der Waals surface area contributed by atoms with E-state index in [1.165, 1.54) is 0 Å². The Labute approximate surface area is 109 Å². The molecule has 0 saturated carbocycles. The molecule has 1 aromatic heterocycles. The highest BCUT2D eigenvalue weighted by Gasteiger charge is 2.14. The first-order chi connectivity index (χ1) is 8.19. The summed E-state index contributed by atoms with van der Waals surface area (Å²) in [5, 5.41) is 3.34. The van der Waals surface area contributed by atoms with Crippen LogP contribution in [0.4, 0.5) is 5.82 Å². The molecule has 96 valence electrons. The van der Waals surface area contributed by atoms with Crippen molar-refractivity contribution < 1.29 is 4.74 Å². The number of nitrogens with one attached hydrogen (secondary N) is 1. The van der Waals surface area contributed by atoms with Crippen molar-refractivity contribution in [3.8, 4) is 5.75 Å². The molecule has 1 atom stereocenters. The van der Waals surface area contributed by atoms with Crippen LogP contribution in [0.1, 0.15) is 27.2 Å². The van der Waals surface area contributed by atoms with Crippen molar-refractivity contribution in [3.05, 3.63) is 18.3 Å². The van der Waals surface area contributed by atoms with E-state index < -0.39 is 0 Å². The number of anilines is 1. The Bertz CT molecular complexity index is 331. The monoisotopic (exact) mass is 256 g/mol. The maximum Gasteiger partial charge on any atom is 0.169 e. The molecule has 0 amide bonds. The zero-order valence-corrected chi connectivity index (χ0v) is 11.5. The molecule has 1 aromatic rings. The molecule has 0 aliphatic heterocycles. The molecule has 0 spiro atoms. The highest BCUT2D eigenvalue weighted by molar-refractivity contribution is 6.18. The second kappa shape index (κ2) is 7.38. The summed E-state index contributed by atoms with van der Waals surface area (Å²) in [4.78, 5) is 4.31. The maximum atomic E-state index is 5.94. The lowest BCUT2D eigenvalue weighted by molar-refractivity contribution is 0.317. The summed E-state index contributed by atoms with van der Waals surface area (Å²) < 4.78 is 5.64. The molecule has 1 unspecified atom stereocenters. The van der Waals surface area contributed by atoms with Crippen LogP contribution >= 0.6 is 11.6 Å². The smallest absolute Gasteiger partial charge is 0.169 e. The standard InChI is InChI=1S/C13H21ClN2O/c1-4-8-17-12-6-5-7-15-13(12)16-11(9-14)10(2)3/h5-7,10-11H,4,8-9H2,1-3H3,(H,15,16). The second-order valence-corrected chi connectivity index (χ2v) is 4.66. The van der Waals surface area contributed by atoms with Crippen molar-refractivity contribution >= 4 is 17.4 Å². The van der Waals surface area contributed by atoms with E-state index in [2.05, 4.69) is 31.1 Å². The molecule has 4 heteroatoms. The van der Waals surface area contributed by atoms with Crippen LogP contribution in [-0.4, -0.2) is 23.5 Å². The van der Waals surface area contributed by atoms with Crippen molar-refractivity contribution in [1.82, 2.24) is 4.98 Å². The number of hydrogen-bond donors (Lipinski definition) is 1. The van der Waals surface area contributed by atoms with Crippen LogP contribution in [0.3, 0.4) is 0 Å². The number of rotatable bonds is 7. The zero-order chi connectivity index (χ0) is 12.7. The highest BCUT2D eigenvalue weighted by Crippen LogP contribution is 2.23. The van der Waals surface area contributed by atoms with Gasteiger partial charge in [0.05, 0.1) is 6.61 Å². The number of hydrogen-bond acceptors (Lipinski definition) is 3. The average molecular weight is 257 g/mol. The molecule has 1 N–H and O–H groups in total. The van der Waals surface area contributed by atoms with Gasteiger partial charge in [-0.25, -0.2) is 4.98 Å². The molecule has 1 rings (SSSR count). The van der Waals surface area contributed by atoms with Crippen molar-refractivity contribution in [2.75, 3.05) is 17.8 Å². The third kappa shape index (κ3) is 4.43. The van der Waals surface area contributed by atoms with Gasteiger partial charge in [0, 0.05) is 18.1 Å². The molecule has 3 nitrogen and oxygen atoms in total. The Morgan fingerprint density at radius 1 is 1.47 bits per heavy atom. The number of alkyl halides is 1. The van der Waals surface area contributed by atoms with Crippen molar-refractivity contribution in [1.29, 1.82) is 0 Å². The SMILES string of the molecule is CCCOc1cccnc1NC(CCl)C(C)C. The van der Waals surface area contributed by atoms with E-state index >= 15 is 0 Å².